The minimum atomic E-state index is -1.76. The molecule has 0 unspecified atom stereocenters. The molecule has 15 heavy (non-hydrogen) atoms. The molecule has 0 spiro atoms. The van der Waals surface area contributed by atoms with E-state index in [1.54, 1.807) is 0 Å². The van der Waals surface area contributed by atoms with Crippen LogP contribution in [0.2, 0.25) is 0 Å². The molecule has 0 bridgehead atoms. The predicted molar refractivity (Wildman–Crippen MR) is 70.6 cm³/mol. The molecule has 0 radical (unpaired) electrons. The Labute approximate surface area is 126 Å². The van der Waals surface area contributed by atoms with Crippen molar-refractivity contribution in [2.75, 3.05) is 0 Å². The summed E-state index contributed by atoms with van der Waals surface area (Å²) >= 11 is 46.5. The highest BCUT2D eigenvalue weighted by atomic mass is 35.5. The Morgan fingerprint density at radius 2 is 0.800 bits per heavy atom. The SMILES string of the molecule is ClC1=C(Cl)C(Cl)=C(Cl)C(Cl)(Cl)C(Cl)=C1Cl. The third-order valence-corrected chi connectivity index (χ3v) is 5.60. The minimum absolute atomic E-state index is 0.0605. The molecule has 1 aliphatic carbocycles. The van der Waals surface area contributed by atoms with E-state index in [1.165, 1.54) is 0 Å². The van der Waals surface area contributed by atoms with E-state index in [0.29, 0.717) is 0 Å². The van der Waals surface area contributed by atoms with Crippen LogP contribution in [-0.4, -0.2) is 4.33 Å². The van der Waals surface area contributed by atoms with E-state index < -0.39 is 4.33 Å². The molecule has 8 heteroatoms. The van der Waals surface area contributed by atoms with Crippen LogP contribution in [0, 0.1) is 0 Å². The van der Waals surface area contributed by atoms with Crippen molar-refractivity contribution in [2.45, 2.75) is 4.33 Å². The topological polar surface area (TPSA) is 0 Å². The lowest BCUT2D eigenvalue weighted by Crippen LogP contribution is -2.14. The van der Waals surface area contributed by atoms with Gasteiger partial charge < -0.3 is 0 Å². The van der Waals surface area contributed by atoms with Gasteiger partial charge in [0.25, 0.3) is 0 Å². The van der Waals surface area contributed by atoms with Gasteiger partial charge in [-0.3, -0.25) is 0 Å². The lowest BCUT2D eigenvalue weighted by Gasteiger charge is -2.18. The first-order valence-electron chi connectivity index (χ1n) is 3.26. The van der Waals surface area contributed by atoms with Gasteiger partial charge in [0.1, 0.15) is 0 Å². The Morgan fingerprint density at radius 1 is 0.533 bits per heavy atom. The maximum Gasteiger partial charge on any atom is 0.191 e. The van der Waals surface area contributed by atoms with Gasteiger partial charge in [0, 0.05) is 0 Å². The molecule has 1 rings (SSSR count). The van der Waals surface area contributed by atoms with Gasteiger partial charge in [0.05, 0.1) is 30.2 Å². The van der Waals surface area contributed by atoms with E-state index >= 15 is 0 Å². The molecule has 1 aliphatic rings. The summed E-state index contributed by atoms with van der Waals surface area (Å²) in [4.78, 5) is 0. The summed E-state index contributed by atoms with van der Waals surface area (Å²) < 4.78 is -1.76. The van der Waals surface area contributed by atoms with Gasteiger partial charge >= 0.3 is 0 Å². The van der Waals surface area contributed by atoms with Crippen molar-refractivity contribution in [3.63, 3.8) is 0 Å². The Hall–Kier alpha value is 1.54. The highest BCUT2D eigenvalue weighted by Gasteiger charge is 2.40. The normalized spacial score (nSPS) is 22.4. The van der Waals surface area contributed by atoms with E-state index in [0.717, 1.165) is 0 Å². The van der Waals surface area contributed by atoms with Gasteiger partial charge in [-0.05, 0) is 0 Å². The Morgan fingerprint density at radius 3 is 1.07 bits per heavy atom. The van der Waals surface area contributed by atoms with Gasteiger partial charge in [0.15, 0.2) is 4.33 Å². The maximum atomic E-state index is 5.87. The quantitative estimate of drug-likeness (QED) is 0.444. The standard InChI is InChI=1S/C7Cl8/c8-1-2(9)4(11)6(13)7(14,15)5(12)3(1)10. The second-order valence-corrected chi connectivity index (χ2v) is 6.05. The average molecular weight is 368 g/mol. The van der Waals surface area contributed by atoms with Crippen LogP contribution in [0.1, 0.15) is 0 Å². The third-order valence-electron chi connectivity index (χ3n) is 1.51. The van der Waals surface area contributed by atoms with Crippen LogP contribution >= 0.6 is 92.8 Å². The Balaban J connectivity index is 3.61. The first kappa shape index (κ1) is 14.6. The molecule has 0 atom stereocenters. The van der Waals surface area contributed by atoms with E-state index in [2.05, 4.69) is 0 Å². The molecule has 0 saturated heterocycles. The number of allylic oxidation sites excluding steroid dienone is 6. The first-order chi connectivity index (χ1) is 6.71. The van der Waals surface area contributed by atoms with E-state index in [-0.39, 0.29) is 30.2 Å². The van der Waals surface area contributed by atoms with Crippen LogP contribution in [0.25, 0.3) is 0 Å². The van der Waals surface area contributed by atoms with Gasteiger partial charge in [0.2, 0.25) is 0 Å². The van der Waals surface area contributed by atoms with Crippen molar-refractivity contribution < 1.29 is 0 Å². The summed E-state index contributed by atoms with van der Waals surface area (Å²) in [7, 11) is 0. The second kappa shape index (κ2) is 5.04. The zero-order valence-corrected chi connectivity index (χ0v) is 12.6. The molecular weight excluding hydrogens is 368 g/mol. The molecule has 0 fully saturated rings. The first-order valence-corrected chi connectivity index (χ1v) is 6.29. The molecule has 0 saturated carbocycles. The van der Waals surface area contributed by atoms with Crippen LogP contribution in [0.15, 0.2) is 30.2 Å². The second-order valence-electron chi connectivity index (χ2n) is 2.46. The minimum Gasteiger partial charge on any atom is -0.0888 e. The molecule has 0 amide bonds. The summed E-state index contributed by atoms with van der Waals surface area (Å²) in [5.74, 6) is 0. The van der Waals surface area contributed by atoms with Crippen LogP contribution in [0.4, 0.5) is 0 Å². The van der Waals surface area contributed by atoms with E-state index in [9.17, 15) is 0 Å². The van der Waals surface area contributed by atoms with Crippen LogP contribution in [-0.2, 0) is 0 Å². The number of alkyl halides is 2. The average Bonchev–Trinajstić information content (AvgIpc) is 2.23. The molecule has 0 aromatic rings. The Bertz CT molecular complexity index is 363. The molecule has 0 nitrogen and oxygen atoms in total. The van der Waals surface area contributed by atoms with Gasteiger partial charge in [-0.25, -0.2) is 0 Å². The van der Waals surface area contributed by atoms with Crippen LogP contribution < -0.4 is 0 Å². The summed E-state index contributed by atoms with van der Waals surface area (Å²) in [6, 6.07) is 0. The van der Waals surface area contributed by atoms with Crippen molar-refractivity contribution in [1.29, 1.82) is 0 Å². The lowest BCUT2D eigenvalue weighted by molar-refractivity contribution is 1.20. The Kier molecular flexibility index (Phi) is 4.90. The summed E-state index contributed by atoms with van der Waals surface area (Å²) in [6.45, 7) is 0. The maximum absolute atomic E-state index is 5.87. The summed E-state index contributed by atoms with van der Waals surface area (Å²) in [5.41, 5.74) is 0. The fourth-order valence-corrected chi connectivity index (χ4v) is 2.80. The summed E-state index contributed by atoms with van der Waals surface area (Å²) in [6.07, 6.45) is 0. The number of hydrogen-bond donors (Lipinski definition) is 0. The zero-order valence-electron chi connectivity index (χ0n) is 6.52. The molecule has 0 aliphatic heterocycles. The van der Waals surface area contributed by atoms with Crippen molar-refractivity contribution in [3.8, 4) is 0 Å². The number of halogens is 8. The molecular formula is C7Cl8. The molecule has 0 N–H and O–H groups in total. The molecule has 0 heterocycles. The van der Waals surface area contributed by atoms with Crippen LogP contribution in [0.3, 0.4) is 0 Å². The molecule has 0 aromatic heterocycles. The van der Waals surface area contributed by atoms with Crippen LogP contribution in [0.5, 0.6) is 0 Å². The van der Waals surface area contributed by atoms with Gasteiger partial charge in [-0.15, -0.1) is 0 Å². The smallest absolute Gasteiger partial charge is 0.0888 e. The monoisotopic (exact) mass is 364 g/mol. The number of rotatable bonds is 0. The highest BCUT2D eigenvalue weighted by molar-refractivity contribution is 6.66. The van der Waals surface area contributed by atoms with Crippen molar-refractivity contribution in [3.05, 3.63) is 30.2 Å². The highest BCUT2D eigenvalue weighted by Crippen LogP contribution is 2.52. The van der Waals surface area contributed by atoms with E-state index in [1.807, 2.05) is 0 Å². The van der Waals surface area contributed by atoms with E-state index in [4.69, 9.17) is 92.8 Å². The third kappa shape index (κ3) is 2.53. The predicted octanol–water partition coefficient (Wildman–Crippen LogP) is 6.24. The number of hydrogen-bond acceptors (Lipinski definition) is 0. The molecule has 84 valence electrons. The summed E-state index contributed by atoms with van der Waals surface area (Å²) in [5, 5.41) is -0.624. The molecule has 0 aromatic carbocycles. The zero-order chi connectivity index (χ0) is 12.0. The lowest BCUT2D eigenvalue weighted by atomic mass is 10.3. The van der Waals surface area contributed by atoms with Gasteiger partial charge in [-0.2, -0.15) is 0 Å². The van der Waals surface area contributed by atoms with Gasteiger partial charge in [-0.1, -0.05) is 92.8 Å². The fraction of sp³-hybridized carbons (Fsp3) is 0.143. The fourth-order valence-electron chi connectivity index (χ4n) is 0.757. The van der Waals surface area contributed by atoms with Crippen molar-refractivity contribution in [1.82, 2.24) is 0 Å². The largest absolute Gasteiger partial charge is 0.191 e. The van der Waals surface area contributed by atoms with Crippen molar-refractivity contribution in [2.24, 2.45) is 0 Å². The van der Waals surface area contributed by atoms with Crippen molar-refractivity contribution >= 4 is 92.8 Å².